The molecule has 4 heteroatoms. The van der Waals surface area contributed by atoms with Gasteiger partial charge in [0.05, 0.1) is 0 Å². The monoisotopic (exact) mass is 276 g/mol. The Morgan fingerprint density at radius 3 is 2.70 bits per heavy atom. The average molecular weight is 276 g/mol. The number of nitrogens with zero attached hydrogens (tertiary/aromatic N) is 1. The second-order valence-corrected chi connectivity index (χ2v) is 6.55. The van der Waals surface area contributed by atoms with Crippen LogP contribution in [-0.2, 0) is 6.42 Å². The molecule has 1 aromatic rings. The first-order chi connectivity index (χ1) is 9.62. The summed E-state index contributed by atoms with van der Waals surface area (Å²) >= 11 is 0. The molecule has 3 rings (SSSR count). The first kappa shape index (κ1) is 13.7. The number of rotatable bonds is 4. The maximum Gasteiger partial charge on any atom is 0.231 e. The highest BCUT2D eigenvalue weighted by molar-refractivity contribution is 5.44. The van der Waals surface area contributed by atoms with Gasteiger partial charge in [-0.05, 0) is 29.5 Å². The van der Waals surface area contributed by atoms with Gasteiger partial charge in [0.15, 0.2) is 11.5 Å². The smallest absolute Gasteiger partial charge is 0.231 e. The molecule has 1 fully saturated rings. The standard InChI is InChI=1S/C16H24N2O2/c1-16(2,11-18-7-5-17-6-8-18)10-13-3-4-14-15(9-13)20-12-19-14/h3-4,9,17H,5-8,10-12H2,1-2H3. The zero-order valence-corrected chi connectivity index (χ0v) is 12.4. The van der Waals surface area contributed by atoms with E-state index in [1.807, 2.05) is 6.07 Å². The lowest BCUT2D eigenvalue weighted by atomic mass is 9.85. The van der Waals surface area contributed by atoms with E-state index in [2.05, 4.69) is 36.2 Å². The summed E-state index contributed by atoms with van der Waals surface area (Å²) in [6, 6.07) is 6.31. The summed E-state index contributed by atoms with van der Waals surface area (Å²) in [6.45, 7) is 10.7. The Morgan fingerprint density at radius 1 is 1.15 bits per heavy atom. The van der Waals surface area contributed by atoms with E-state index < -0.39 is 0 Å². The molecule has 2 aliphatic heterocycles. The van der Waals surface area contributed by atoms with Crippen LogP contribution in [0.5, 0.6) is 11.5 Å². The molecule has 4 nitrogen and oxygen atoms in total. The number of benzene rings is 1. The molecule has 0 atom stereocenters. The van der Waals surface area contributed by atoms with Crippen molar-refractivity contribution < 1.29 is 9.47 Å². The molecule has 2 aliphatic rings. The van der Waals surface area contributed by atoms with Crippen molar-refractivity contribution in [3.05, 3.63) is 23.8 Å². The summed E-state index contributed by atoms with van der Waals surface area (Å²) in [5.41, 5.74) is 1.60. The van der Waals surface area contributed by atoms with E-state index in [0.29, 0.717) is 6.79 Å². The van der Waals surface area contributed by atoms with Crippen LogP contribution in [0.2, 0.25) is 0 Å². The van der Waals surface area contributed by atoms with Crippen molar-refractivity contribution in [2.75, 3.05) is 39.5 Å². The molecule has 0 unspecified atom stereocenters. The molecule has 0 amide bonds. The quantitative estimate of drug-likeness (QED) is 0.910. The van der Waals surface area contributed by atoms with Crippen LogP contribution >= 0.6 is 0 Å². The molecule has 1 N–H and O–H groups in total. The van der Waals surface area contributed by atoms with Gasteiger partial charge >= 0.3 is 0 Å². The third-order valence-electron chi connectivity index (χ3n) is 3.98. The molecular weight excluding hydrogens is 252 g/mol. The highest BCUT2D eigenvalue weighted by Gasteiger charge is 2.24. The zero-order chi connectivity index (χ0) is 14.0. The Balaban J connectivity index is 1.63. The Morgan fingerprint density at radius 2 is 1.90 bits per heavy atom. The first-order valence-electron chi connectivity index (χ1n) is 7.44. The largest absolute Gasteiger partial charge is 0.454 e. The Bertz CT molecular complexity index is 468. The van der Waals surface area contributed by atoms with Gasteiger partial charge in [-0.3, -0.25) is 0 Å². The molecule has 0 radical (unpaired) electrons. The van der Waals surface area contributed by atoms with Crippen LogP contribution in [0.15, 0.2) is 18.2 Å². The molecule has 1 aromatic carbocycles. The Kier molecular flexibility index (Phi) is 3.85. The van der Waals surface area contributed by atoms with Gasteiger partial charge in [-0.15, -0.1) is 0 Å². The topological polar surface area (TPSA) is 33.7 Å². The maximum absolute atomic E-state index is 5.46. The molecule has 0 saturated carbocycles. The van der Waals surface area contributed by atoms with Crippen LogP contribution < -0.4 is 14.8 Å². The van der Waals surface area contributed by atoms with E-state index in [-0.39, 0.29) is 5.41 Å². The van der Waals surface area contributed by atoms with Gasteiger partial charge in [0.2, 0.25) is 6.79 Å². The molecule has 0 aliphatic carbocycles. The van der Waals surface area contributed by atoms with Gasteiger partial charge < -0.3 is 19.7 Å². The number of piperazine rings is 1. The number of hydrogen-bond donors (Lipinski definition) is 1. The van der Waals surface area contributed by atoms with Crippen LogP contribution in [0, 0.1) is 5.41 Å². The van der Waals surface area contributed by atoms with Gasteiger partial charge in [0, 0.05) is 32.7 Å². The zero-order valence-electron chi connectivity index (χ0n) is 12.4. The predicted molar refractivity (Wildman–Crippen MR) is 79.4 cm³/mol. The fourth-order valence-corrected chi connectivity index (χ4v) is 3.13. The van der Waals surface area contributed by atoms with E-state index in [9.17, 15) is 0 Å². The second kappa shape index (κ2) is 5.62. The third kappa shape index (κ3) is 3.25. The van der Waals surface area contributed by atoms with Gasteiger partial charge in [0.25, 0.3) is 0 Å². The van der Waals surface area contributed by atoms with E-state index in [4.69, 9.17) is 9.47 Å². The number of hydrogen-bond acceptors (Lipinski definition) is 4. The summed E-state index contributed by atoms with van der Waals surface area (Å²) in [4.78, 5) is 2.56. The minimum atomic E-state index is 0.269. The molecule has 110 valence electrons. The Labute approximate surface area is 121 Å². The third-order valence-corrected chi connectivity index (χ3v) is 3.98. The number of ether oxygens (including phenoxy) is 2. The van der Waals surface area contributed by atoms with Crippen LogP contribution in [0.25, 0.3) is 0 Å². The SMILES string of the molecule is CC(C)(Cc1ccc2c(c1)OCO2)CN1CCNCC1. The molecule has 1 saturated heterocycles. The van der Waals surface area contributed by atoms with Crippen LogP contribution in [0.1, 0.15) is 19.4 Å². The van der Waals surface area contributed by atoms with Crippen molar-refractivity contribution in [2.24, 2.45) is 5.41 Å². The summed E-state index contributed by atoms with van der Waals surface area (Å²) in [5.74, 6) is 1.76. The van der Waals surface area contributed by atoms with Gasteiger partial charge in [-0.25, -0.2) is 0 Å². The second-order valence-electron chi connectivity index (χ2n) is 6.55. The van der Waals surface area contributed by atoms with Crippen LogP contribution in [0.4, 0.5) is 0 Å². The van der Waals surface area contributed by atoms with Gasteiger partial charge in [-0.1, -0.05) is 19.9 Å². The first-order valence-corrected chi connectivity index (χ1v) is 7.44. The molecule has 0 aromatic heterocycles. The van der Waals surface area contributed by atoms with Crippen molar-refractivity contribution in [1.82, 2.24) is 10.2 Å². The van der Waals surface area contributed by atoms with Gasteiger partial charge in [-0.2, -0.15) is 0 Å². The van der Waals surface area contributed by atoms with Crippen LogP contribution in [-0.4, -0.2) is 44.4 Å². The fraction of sp³-hybridized carbons (Fsp3) is 0.625. The normalized spacial score (nSPS) is 19.3. The highest BCUT2D eigenvalue weighted by Crippen LogP contribution is 2.34. The summed E-state index contributed by atoms with van der Waals surface area (Å²) in [5, 5.41) is 3.41. The predicted octanol–water partition coefficient (Wildman–Crippen LogP) is 1.89. The number of fused-ring (bicyclic) bond motifs is 1. The molecule has 0 bridgehead atoms. The van der Waals surface area contributed by atoms with E-state index in [1.54, 1.807) is 0 Å². The lowest BCUT2D eigenvalue weighted by Gasteiger charge is -2.35. The lowest BCUT2D eigenvalue weighted by molar-refractivity contribution is 0.160. The molecule has 2 heterocycles. The van der Waals surface area contributed by atoms with Gasteiger partial charge in [0.1, 0.15) is 0 Å². The van der Waals surface area contributed by atoms with E-state index in [0.717, 1.165) is 50.6 Å². The van der Waals surface area contributed by atoms with Crippen LogP contribution in [0.3, 0.4) is 0 Å². The van der Waals surface area contributed by atoms with Crippen molar-refractivity contribution in [2.45, 2.75) is 20.3 Å². The van der Waals surface area contributed by atoms with Crippen molar-refractivity contribution in [3.8, 4) is 11.5 Å². The minimum Gasteiger partial charge on any atom is -0.454 e. The van der Waals surface area contributed by atoms with E-state index in [1.165, 1.54) is 5.56 Å². The van der Waals surface area contributed by atoms with Crippen molar-refractivity contribution >= 4 is 0 Å². The lowest BCUT2D eigenvalue weighted by Crippen LogP contribution is -2.47. The minimum absolute atomic E-state index is 0.269. The van der Waals surface area contributed by atoms with E-state index >= 15 is 0 Å². The van der Waals surface area contributed by atoms with Crippen molar-refractivity contribution in [1.29, 1.82) is 0 Å². The Hall–Kier alpha value is -1.26. The fourth-order valence-electron chi connectivity index (χ4n) is 3.13. The number of nitrogens with one attached hydrogen (secondary N) is 1. The average Bonchev–Trinajstić information content (AvgIpc) is 2.86. The summed E-state index contributed by atoms with van der Waals surface area (Å²) in [7, 11) is 0. The maximum atomic E-state index is 5.46. The molecular formula is C16H24N2O2. The highest BCUT2D eigenvalue weighted by atomic mass is 16.7. The summed E-state index contributed by atoms with van der Waals surface area (Å²) < 4.78 is 10.8. The molecule has 20 heavy (non-hydrogen) atoms. The van der Waals surface area contributed by atoms with Crippen molar-refractivity contribution in [3.63, 3.8) is 0 Å². The molecule has 0 spiro atoms. The summed E-state index contributed by atoms with van der Waals surface area (Å²) in [6.07, 6.45) is 1.06.